The van der Waals surface area contributed by atoms with E-state index in [-0.39, 0.29) is 0 Å². The fourth-order valence-corrected chi connectivity index (χ4v) is 2.75. The van der Waals surface area contributed by atoms with E-state index >= 15 is 0 Å². The molecule has 0 aliphatic heterocycles. The Labute approximate surface area is 157 Å². The van der Waals surface area contributed by atoms with Crippen molar-refractivity contribution in [1.29, 1.82) is 0 Å². The summed E-state index contributed by atoms with van der Waals surface area (Å²) in [4.78, 5) is 6.63. The van der Waals surface area contributed by atoms with Crippen LogP contribution in [0.3, 0.4) is 0 Å². The largest absolute Gasteiger partial charge is 0.355 e. The zero-order chi connectivity index (χ0) is 19.1. The third kappa shape index (κ3) is 5.33. The molecule has 0 atom stereocenters. The highest BCUT2D eigenvalue weighted by Gasteiger charge is 2.09. The summed E-state index contributed by atoms with van der Waals surface area (Å²) in [5.41, 5.74) is 4.44. The molecule has 0 saturated heterocycles. The molecule has 0 spiro atoms. The van der Waals surface area contributed by atoms with Crippen molar-refractivity contribution in [2.24, 2.45) is 4.99 Å². The smallest absolute Gasteiger partial charge is 0.191 e. The lowest BCUT2D eigenvalue weighted by atomic mass is 10.1. The maximum absolute atomic E-state index is 4.61. The lowest BCUT2D eigenvalue weighted by Crippen LogP contribution is -2.41. The van der Waals surface area contributed by atoms with E-state index in [1.54, 1.807) is 7.05 Å². The number of aliphatic imine (C=N–C) groups is 1. The molecule has 0 bridgehead atoms. The van der Waals surface area contributed by atoms with Gasteiger partial charge in [0.2, 0.25) is 0 Å². The molecule has 0 fully saturated rings. The average Bonchev–Trinajstić information content (AvgIpc) is 2.96. The second-order valence-corrected chi connectivity index (χ2v) is 6.89. The standard InChI is InChI=1S/C20H32N6/c1-15(2)25(6)12-11-22-20(21-5)23-14-18-9-7-8-10-19(18)26-17(4)13-16(3)24-26/h7-10,13,15H,11-12,14H2,1-6H3,(H2,21,22,23). The number of nitrogens with zero attached hydrogens (tertiary/aromatic N) is 4. The molecule has 0 saturated carbocycles. The van der Waals surface area contributed by atoms with E-state index in [9.17, 15) is 0 Å². The third-order valence-corrected chi connectivity index (χ3v) is 4.54. The fraction of sp³-hybridized carbons (Fsp3) is 0.500. The third-order valence-electron chi connectivity index (χ3n) is 4.54. The van der Waals surface area contributed by atoms with Gasteiger partial charge in [0.25, 0.3) is 0 Å². The Morgan fingerprint density at radius 3 is 2.58 bits per heavy atom. The Morgan fingerprint density at radius 2 is 1.96 bits per heavy atom. The normalized spacial score (nSPS) is 12.1. The first kappa shape index (κ1) is 20.0. The molecule has 0 unspecified atom stereocenters. The SMILES string of the molecule is CN=C(NCCN(C)C(C)C)NCc1ccccc1-n1nc(C)cc1C. The molecule has 26 heavy (non-hydrogen) atoms. The summed E-state index contributed by atoms with van der Waals surface area (Å²) in [6.45, 7) is 11.0. The van der Waals surface area contributed by atoms with Crippen LogP contribution in [0.2, 0.25) is 0 Å². The molecule has 0 aliphatic carbocycles. The van der Waals surface area contributed by atoms with Crippen molar-refractivity contribution in [2.75, 3.05) is 27.2 Å². The molecule has 1 aromatic heterocycles. The van der Waals surface area contributed by atoms with Gasteiger partial charge < -0.3 is 15.5 Å². The monoisotopic (exact) mass is 356 g/mol. The van der Waals surface area contributed by atoms with E-state index in [2.05, 4.69) is 77.7 Å². The van der Waals surface area contributed by atoms with Crippen LogP contribution in [0.4, 0.5) is 0 Å². The van der Waals surface area contributed by atoms with Crippen molar-refractivity contribution in [3.05, 3.63) is 47.3 Å². The summed E-state index contributed by atoms with van der Waals surface area (Å²) in [7, 11) is 3.93. The number of guanidine groups is 1. The minimum atomic E-state index is 0.541. The van der Waals surface area contributed by atoms with Crippen LogP contribution in [-0.4, -0.2) is 53.9 Å². The molecule has 0 radical (unpaired) electrons. The number of para-hydroxylation sites is 1. The van der Waals surface area contributed by atoms with Crippen LogP contribution in [0.25, 0.3) is 5.69 Å². The van der Waals surface area contributed by atoms with Gasteiger partial charge in [-0.3, -0.25) is 4.99 Å². The van der Waals surface area contributed by atoms with E-state index in [4.69, 9.17) is 0 Å². The highest BCUT2D eigenvalue weighted by atomic mass is 15.3. The molecule has 142 valence electrons. The lowest BCUT2D eigenvalue weighted by molar-refractivity contribution is 0.278. The summed E-state index contributed by atoms with van der Waals surface area (Å²) in [6.07, 6.45) is 0. The zero-order valence-electron chi connectivity index (χ0n) is 16.9. The van der Waals surface area contributed by atoms with Gasteiger partial charge in [0, 0.05) is 38.4 Å². The van der Waals surface area contributed by atoms with Crippen LogP contribution < -0.4 is 10.6 Å². The summed E-state index contributed by atoms with van der Waals surface area (Å²) in [5.74, 6) is 0.810. The number of aryl methyl sites for hydroxylation is 2. The zero-order valence-corrected chi connectivity index (χ0v) is 16.9. The highest BCUT2D eigenvalue weighted by Crippen LogP contribution is 2.16. The van der Waals surface area contributed by atoms with Gasteiger partial charge in [0.05, 0.1) is 11.4 Å². The molecule has 0 amide bonds. The molecular formula is C20H32N6. The van der Waals surface area contributed by atoms with E-state index in [1.165, 1.54) is 5.56 Å². The molecule has 2 aromatic rings. The summed E-state index contributed by atoms with van der Waals surface area (Å²) in [6, 6.07) is 11.0. The van der Waals surface area contributed by atoms with Crippen LogP contribution in [0.5, 0.6) is 0 Å². The number of hydrogen-bond donors (Lipinski definition) is 2. The van der Waals surface area contributed by atoms with Crippen LogP contribution in [0, 0.1) is 13.8 Å². The number of nitrogens with one attached hydrogen (secondary N) is 2. The maximum Gasteiger partial charge on any atom is 0.191 e. The Kier molecular flexibility index (Phi) is 7.21. The second-order valence-electron chi connectivity index (χ2n) is 6.89. The van der Waals surface area contributed by atoms with Crippen molar-refractivity contribution in [2.45, 2.75) is 40.3 Å². The quantitative estimate of drug-likeness (QED) is 0.591. The number of benzene rings is 1. The van der Waals surface area contributed by atoms with Gasteiger partial charge in [-0.1, -0.05) is 18.2 Å². The van der Waals surface area contributed by atoms with E-state index in [1.807, 2.05) is 17.7 Å². The van der Waals surface area contributed by atoms with Crippen LogP contribution in [0.1, 0.15) is 30.8 Å². The van der Waals surface area contributed by atoms with Crippen molar-refractivity contribution in [1.82, 2.24) is 25.3 Å². The Hall–Kier alpha value is -2.34. The van der Waals surface area contributed by atoms with Crippen molar-refractivity contribution < 1.29 is 0 Å². The Morgan fingerprint density at radius 1 is 1.23 bits per heavy atom. The summed E-state index contributed by atoms with van der Waals surface area (Å²) in [5, 5.41) is 11.4. The van der Waals surface area contributed by atoms with E-state index in [0.29, 0.717) is 12.6 Å². The van der Waals surface area contributed by atoms with Gasteiger partial charge in [-0.15, -0.1) is 0 Å². The van der Waals surface area contributed by atoms with Crippen molar-refractivity contribution in [3.8, 4) is 5.69 Å². The van der Waals surface area contributed by atoms with Crippen LogP contribution in [-0.2, 0) is 6.54 Å². The summed E-state index contributed by atoms with van der Waals surface area (Å²) < 4.78 is 2.00. The first-order valence-electron chi connectivity index (χ1n) is 9.18. The Balaban J connectivity index is 1.99. The maximum atomic E-state index is 4.61. The van der Waals surface area contributed by atoms with E-state index in [0.717, 1.165) is 36.1 Å². The first-order valence-corrected chi connectivity index (χ1v) is 9.18. The lowest BCUT2D eigenvalue weighted by Gasteiger charge is -2.22. The minimum absolute atomic E-state index is 0.541. The van der Waals surface area contributed by atoms with Gasteiger partial charge in [0.1, 0.15) is 0 Å². The predicted molar refractivity (Wildman–Crippen MR) is 109 cm³/mol. The fourth-order valence-electron chi connectivity index (χ4n) is 2.75. The number of rotatable bonds is 7. The predicted octanol–water partition coefficient (Wildman–Crippen LogP) is 2.49. The number of likely N-dealkylation sites (N-methyl/N-ethyl adjacent to an activating group) is 1. The topological polar surface area (TPSA) is 57.5 Å². The Bertz CT molecular complexity index is 732. The second kappa shape index (κ2) is 9.38. The van der Waals surface area contributed by atoms with Gasteiger partial charge >= 0.3 is 0 Å². The molecule has 1 heterocycles. The van der Waals surface area contributed by atoms with Crippen LogP contribution >= 0.6 is 0 Å². The highest BCUT2D eigenvalue weighted by molar-refractivity contribution is 5.79. The first-order chi connectivity index (χ1) is 12.4. The molecular weight excluding hydrogens is 324 g/mol. The van der Waals surface area contributed by atoms with Gasteiger partial charge in [-0.25, -0.2) is 4.68 Å². The van der Waals surface area contributed by atoms with Crippen molar-refractivity contribution >= 4 is 5.96 Å². The average molecular weight is 357 g/mol. The molecule has 6 heteroatoms. The summed E-state index contributed by atoms with van der Waals surface area (Å²) >= 11 is 0. The van der Waals surface area contributed by atoms with E-state index < -0.39 is 0 Å². The van der Waals surface area contributed by atoms with Gasteiger partial charge in [0.15, 0.2) is 5.96 Å². The molecule has 1 aromatic carbocycles. The molecule has 2 N–H and O–H groups in total. The molecule has 0 aliphatic rings. The number of hydrogen-bond acceptors (Lipinski definition) is 3. The van der Waals surface area contributed by atoms with Crippen molar-refractivity contribution in [3.63, 3.8) is 0 Å². The number of aromatic nitrogens is 2. The van der Waals surface area contributed by atoms with Gasteiger partial charge in [-0.2, -0.15) is 5.10 Å². The molecule has 6 nitrogen and oxygen atoms in total. The molecule has 2 rings (SSSR count). The van der Waals surface area contributed by atoms with Gasteiger partial charge in [-0.05, 0) is 52.4 Å². The minimum Gasteiger partial charge on any atom is -0.355 e. The van der Waals surface area contributed by atoms with Crippen LogP contribution in [0.15, 0.2) is 35.3 Å².